The number of halogens is 1. The third-order valence-electron chi connectivity index (χ3n) is 4.26. The van der Waals surface area contributed by atoms with E-state index < -0.39 is 11.6 Å². The molecule has 128 valence electrons. The number of hydrogen-bond acceptors (Lipinski definition) is 5. The van der Waals surface area contributed by atoms with E-state index in [1.54, 1.807) is 7.11 Å². The lowest BCUT2D eigenvalue weighted by Gasteiger charge is -2.44. The first kappa shape index (κ1) is 17.6. The van der Waals surface area contributed by atoms with E-state index >= 15 is 0 Å². The number of fused-ring (bicyclic) bond motifs is 1. The normalized spacial score (nSPS) is 35.9. The third kappa shape index (κ3) is 3.57. The van der Waals surface area contributed by atoms with Gasteiger partial charge in [-0.2, -0.15) is 0 Å². The Morgan fingerprint density at radius 3 is 2.61 bits per heavy atom. The number of methoxy groups -OCH3 is 1. The summed E-state index contributed by atoms with van der Waals surface area (Å²) < 4.78 is 30.7. The average molecular weight is 434 g/mol. The maximum absolute atomic E-state index is 6.19. The number of benzene rings is 1. The number of hydrogen-bond donors (Lipinski definition) is 0. The van der Waals surface area contributed by atoms with Crippen molar-refractivity contribution in [1.29, 1.82) is 0 Å². The van der Waals surface area contributed by atoms with Gasteiger partial charge in [0.2, 0.25) is 5.79 Å². The highest BCUT2D eigenvalue weighted by atomic mass is 127. The molecule has 2 saturated heterocycles. The Balaban J connectivity index is 1.78. The molecule has 0 amide bonds. The summed E-state index contributed by atoms with van der Waals surface area (Å²) in [7, 11) is 1.63. The average Bonchev–Trinajstić information content (AvgIpc) is 2.86. The van der Waals surface area contributed by atoms with Crippen LogP contribution in [-0.4, -0.2) is 48.0 Å². The molecule has 0 radical (unpaired) electrons. The van der Waals surface area contributed by atoms with E-state index in [9.17, 15) is 0 Å². The lowest BCUT2D eigenvalue weighted by Crippen LogP contribution is -2.59. The highest BCUT2D eigenvalue weighted by molar-refractivity contribution is 14.1. The van der Waals surface area contributed by atoms with Crippen molar-refractivity contribution in [2.75, 3.05) is 18.1 Å². The van der Waals surface area contributed by atoms with Crippen LogP contribution < -0.4 is 0 Å². The minimum atomic E-state index is -0.896. The second kappa shape index (κ2) is 6.93. The summed E-state index contributed by atoms with van der Waals surface area (Å²) in [5.74, 6) is -1.57. The van der Waals surface area contributed by atoms with Gasteiger partial charge in [0.25, 0.3) is 0 Å². The van der Waals surface area contributed by atoms with Crippen LogP contribution in [0.1, 0.15) is 19.4 Å². The Hall–Kier alpha value is -0.250. The van der Waals surface area contributed by atoms with Gasteiger partial charge in [0.1, 0.15) is 18.8 Å². The van der Waals surface area contributed by atoms with E-state index in [2.05, 4.69) is 22.6 Å². The monoisotopic (exact) mass is 434 g/mol. The minimum absolute atomic E-state index is 0.0956. The zero-order valence-electron chi connectivity index (χ0n) is 13.7. The Labute approximate surface area is 150 Å². The molecule has 2 aliphatic heterocycles. The fourth-order valence-corrected chi connectivity index (χ4v) is 3.71. The fourth-order valence-electron chi connectivity index (χ4n) is 3.03. The second-order valence-corrected chi connectivity index (χ2v) is 7.20. The Bertz CT molecular complexity index is 523. The van der Waals surface area contributed by atoms with Crippen LogP contribution in [0.2, 0.25) is 0 Å². The van der Waals surface area contributed by atoms with Crippen molar-refractivity contribution >= 4 is 22.6 Å². The first-order chi connectivity index (χ1) is 11.0. The predicted octanol–water partition coefficient (Wildman–Crippen LogP) is 2.90. The Kier molecular flexibility index (Phi) is 5.30. The molecule has 2 fully saturated rings. The highest BCUT2D eigenvalue weighted by Crippen LogP contribution is 2.43. The SMILES string of the molecule is CO[C@]12COC(C)(C)O[C@H]1[C@H](OCc1ccccc1)[C@@H](CI)O2. The van der Waals surface area contributed by atoms with Gasteiger partial charge in [0.05, 0.1) is 12.7 Å². The maximum Gasteiger partial charge on any atom is 0.222 e. The standard InChI is InChI=1S/C17H23IO5/c1-16(2)21-11-17(19-3)15(23-16)14(13(9-18)22-17)20-10-12-7-5-4-6-8-12/h4-8,13-15H,9-11H2,1-3H3/t13-,14-,15+,17+/m1/s1. The van der Waals surface area contributed by atoms with Gasteiger partial charge in [-0.05, 0) is 19.4 Å². The zero-order valence-corrected chi connectivity index (χ0v) is 15.8. The van der Waals surface area contributed by atoms with Crippen LogP contribution in [0.5, 0.6) is 0 Å². The molecule has 0 bridgehead atoms. The van der Waals surface area contributed by atoms with Crippen LogP contribution in [0.4, 0.5) is 0 Å². The molecule has 3 rings (SSSR count). The van der Waals surface area contributed by atoms with E-state index in [1.165, 1.54) is 0 Å². The first-order valence-electron chi connectivity index (χ1n) is 7.76. The molecule has 4 atom stereocenters. The molecule has 0 spiro atoms. The van der Waals surface area contributed by atoms with Gasteiger partial charge in [0, 0.05) is 11.5 Å². The second-order valence-electron chi connectivity index (χ2n) is 6.31. The van der Waals surface area contributed by atoms with Gasteiger partial charge in [-0.25, -0.2) is 0 Å². The van der Waals surface area contributed by atoms with Crippen LogP contribution >= 0.6 is 22.6 Å². The predicted molar refractivity (Wildman–Crippen MR) is 93.4 cm³/mol. The zero-order chi connectivity index (χ0) is 16.5. The molecule has 23 heavy (non-hydrogen) atoms. The molecule has 5 nitrogen and oxygen atoms in total. The van der Waals surface area contributed by atoms with Crippen LogP contribution in [0.25, 0.3) is 0 Å². The van der Waals surface area contributed by atoms with Crippen molar-refractivity contribution in [2.45, 2.75) is 50.3 Å². The van der Waals surface area contributed by atoms with E-state index in [4.69, 9.17) is 23.7 Å². The largest absolute Gasteiger partial charge is 0.368 e. The van der Waals surface area contributed by atoms with E-state index in [-0.39, 0.29) is 18.3 Å². The maximum atomic E-state index is 6.19. The molecule has 0 unspecified atom stereocenters. The van der Waals surface area contributed by atoms with Crippen molar-refractivity contribution < 1.29 is 23.7 Å². The van der Waals surface area contributed by atoms with Gasteiger partial charge < -0.3 is 23.7 Å². The van der Waals surface area contributed by atoms with E-state index in [0.29, 0.717) is 13.2 Å². The van der Waals surface area contributed by atoms with Crippen molar-refractivity contribution in [1.82, 2.24) is 0 Å². The van der Waals surface area contributed by atoms with Gasteiger partial charge >= 0.3 is 0 Å². The molecule has 6 heteroatoms. The van der Waals surface area contributed by atoms with Gasteiger partial charge in [-0.15, -0.1) is 0 Å². The molecular formula is C17H23IO5. The number of ether oxygens (including phenoxy) is 5. The lowest BCUT2D eigenvalue weighted by molar-refractivity contribution is -0.384. The summed E-state index contributed by atoms with van der Waals surface area (Å²) in [5, 5.41) is 0. The summed E-state index contributed by atoms with van der Waals surface area (Å²) in [6.07, 6.45) is -0.614. The van der Waals surface area contributed by atoms with E-state index in [0.717, 1.165) is 9.99 Å². The van der Waals surface area contributed by atoms with Crippen molar-refractivity contribution in [3.8, 4) is 0 Å². The van der Waals surface area contributed by atoms with E-state index in [1.807, 2.05) is 44.2 Å². The van der Waals surface area contributed by atoms with Crippen molar-refractivity contribution in [3.63, 3.8) is 0 Å². The highest BCUT2D eigenvalue weighted by Gasteiger charge is 2.61. The number of alkyl halides is 1. The van der Waals surface area contributed by atoms with Crippen LogP contribution in [0.3, 0.4) is 0 Å². The minimum Gasteiger partial charge on any atom is -0.368 e. The summed E-state index contributed by atoms with van der Waals surface area (Å²) in [5.41, 5.74) is 1.13. The Morgan fingerprint density at radius 1 is 1.22 bits per heavy atom. The quantitative estimate of drug-likeness (QED) is 0.527. The molecule has 2 aliphatic rings. The molecule has 1 aromatic rings. The summed E-state index contributed by atoms with van der Waals surface area (Å²) in [6.45, 7) is 4.65. The summed E-state index contributed by atoms with van der Waals surface area (Å²) in [6, 6.07) is 10.1. The van der Waals surface area contributed by atoms with Crippen LogP contribution in [0.15, 0.2) is 30.3 Å². The fraction of sp³-hybridized carbons (Fsp3) is 0.647. The summed E-state index contributed by atoms with van der Waals surface area (Å²) >= 11 is 2.31. The molecular weight excluding hydrogens is 411 g/mol. The molecule has 0 aliphatic carbocycles. The van der Waals surface area contributed by atoms with Gasteiger partial charge in [-0.1, -0.05) is 52.9 Å². The van der Waals surface area contributed by atoms with Crippen LogP contribution in [0, 0.1) is 0 Å². The molecule has 2 heterocycles. The van der Waals surface area contributed by atoms with Crippen LogP contribution in [-0.2, 0) is 30.3 Å². The van der Waals surface area contributed by atoms with Crippen molar-refractivity contribution in [2.24, 2.45) is 0 Å². The third-order valence-corrected chi connectivity index (χ3v) is 5.13. The smallest absolute Gasteiger partial charge is 0.222 e. The Morgan fingerprint density at radius 2 is 1.96 bits per heavy atom. The topological polar surface area (TPSA) is 46.2 Å². The van der Waals surface area contributed by atoms with Crippen molar-refractivity contribution in [3.05, 3.63) is 35.9 Å². The molecule has 0 aromatic heterocycles. The molecule has 1 aromatic carbocycles. The van der Waals surface area contributed by atoms with Gasteiger partial charge in [0.15, 0.2) is 5.79 Å². The molecule has 0 N–H and O–H groups in total. The lowest BCUT2D eigenvalue weighted by atomic mass is 10.0. The first-order valence-corrected chi connectivity index (χ1v) is 9.28. The molecule has 0 saturated carbocycles. The van der Waals surface area contributed by atoms with Gasteiger partial charge in [-0.3, -0.25) is 0 Å². The summed E-state index contributed by atoms with van der Waals surface area (Å²) in [4.78, 5) is 0. The number of rotatable bonds is 5.